The maximum atomic E-state index is 13.4. The average molecular weight is 385 g/mol. The number of hydrogen-bond acceptors (Lipinski definition) is 2. The van der Waals surface area contributed by atoms with Crippen LogP contribution in [0.2, 0.25) is 5.02 Å². The van der Waals surface area contributed by atoms with Crippen molar-refractivity contribution in [2.24, 2.45) is 0 Å². The molecule has 3 rings (SSSR count). The normalized spacial score (nSPS) is 15.8. The summed E-state index contributed by atoms with van der Waals surface area (Å²) < 4.78 is 0. The van der Waals surface area contributed by atoms with Crippen LogP contribution in [0, 0.1) is 6.92 Å². The molecule has 2 amide bonds. The van der Waals surface area contributed by atoms with E-state index in [2.05, 4.69) is 10.6 Å². The number of halogens is 1. The van der Waals surface area contributed by atoms with Gasteiger partial charge in [-0.1, -0.05) is 49.1 Å². The van der Waals surface area contributed by atoms with E-state index in [4.69, 9.17) is 11.6 Å². The first kappa shape index (κ1) is 19.4. The van der Waals surface area contributed by atoms with Crippen molar-refractivity contribution < 1.29 is 9.59 Å². The van der Waals surface area contributed by atoms with E-state index in [0.717, 1.165) is 48.9 Å². The molecular formula is C22H25ClN2O2. The number of carbonyl (C=O) groups excluding carboxylic acids is 2. The van der Waals surface area contributed by atoms with Crippen LogP contribution in [-0.4, -0.2) is 11.8 Å². The monoisotopic (exact) mass is 384 g/mol. The summed E-state index contributed by atoms with van der Waals surface area (Å²) in [6, 6.07) is 13.2. The molecule has 5 heteroatoms. The standard InChI is InChI=1S/C22H25ClN2O2/c1-15-19(24-16(2)26)10-7-11-20(15)25-21(27)22(12-4-3-5-13-22)17-8-6-9-18(23)14-17/h6-11,14H,3-5,12-13H2,1-2H3,(H,24,26)(H,25,27). The molecule has 27 heavy (non-hydrogen) atoms. The van der Waals surface area contributed by atoms with Crippen LogP contribution in [0.15, 0.2) is 42.5 Å². The van der Waals surface area contributed by atoms with Gasteiger partial charge in [0.2, 0.25) is 11.8 Å². The van der Waals surface area contributed by atoms with Crippen molar-refractivity contribution in [3.05, 3.63) is 58.6 Å². The Morgan fingerprint density at radius 1 is 0.963 bits per heavy atom. The Kier molecular flexibility index (Phi) is 5.85. The molecule has 1 aliphatic rings. The second kappa shape index (κ2) is 8.13. The van der Waals surface area contributed by atoms with Crippen LogP contribution in [0.5, 0.6) is 0 Å². The maximum absolute atomic E-state index is 13.4. The summed E-state index contributed by atoms with van der Waals surface area (Å²) in [5, 5.41) is 6.57. The molecule has 2 aromatic rings. The van der Waals surface area contributed by atoms with Gasteiger partial charge in [-0.05, 0) is 55.2 Å². The predicted octanol–water partition coefficient (Wildman–Crippen LogP) is 5.45. The van der Waals surface area contributed by atoms with Crippen molar-refractivity contribution in [3.8, 4) is 0 Å². The Morgan fingerprint density at radius 3 is 2.22 bits per heavy atom. The highest BCUT2D eigenvalue weighted by Gasteiger charge is 2.41. The Bertz CT molecular complexity index is 857. The van der Waals surface area contributed by atoms with Gasteiger partial charge in [0.1, 0.15) is 0 Å². The zero-order chi connectivity index (χ0) is 19.4. The van der Waals surface area contributed by atoms with Gasteiger partial charge < -0.3 is 10.6 Å². The summed E-state index contributed by atoms with van der Waals surface area (Å²) in [5.74, 6) is -0.142. The van der Waals surface area contributed by atoms with Crippen LogP contribution in [0.25, 0.3) is 0 Å². The number of nitrogens with one attached hydrogen (secondary N) is 2. The van der Waals surface area contributed by atoms with Crippen molar-refractivity contribution in [2.45, 2.75) is 51.4 Å². The Morgan fingerprint density at radius 2 is 1.59 bits per heavy atom. The number of rotatable bonds is 4. The van der Waals surface area contributed by atoms with E-state index < -0.39 is 5.41 Å². The van der Waals surface area contributed by atoms with Crippen LogP contribution in [0.1, 0.15) is 50.2 Å². The maximum Gasteiger partial charge on any atom is 0.235 e. The molecule has 0 unspecified atom stereocenters. The lowest BCUT2D eigenvalue weighted by Crippen LogP contribution is -2.42. The van der Waals surface area contributed by atoms with Gasteiger partial charge in [0.15, 0.2) is 0 Å². The fourth-order valence-electron chi connectivity index (χ4n) is 3.93. The van der Waals surface area contributed by atoms with Crippen LogP contribution >= 0.6 is 11.6 Å². The fraction of sp³-hybridized carbons (Fsp3) is 0.364. The van der Waals surface area contributed by atoms with Crippen molar-refractivity contribution in [1.82, 2.24) is 0 Å². The molecule has 0 radical (unpaired) electrons. The zero-order valence-corrected chi connectivity index (χ0v) is 16.5. The van der Waals surface area contributed by atoms with Crippen LogP contribution in [0.4, 0.5) is 11.4 Å². The topological polar surface area (TPSA) is 58.2 Å². The Balaban J connectivity index is 1.93. The smallest absolute Gasteiger partial charge is 0.235 e. The molecule has 0 atom stereocenters. The van der Waals surface area contributed by atoms with Crippen LogP contribution < -0.4 is 10.6 Å². The molecule has 1 fully saturated rings. The highest BCUT2D eigenvalue weighted by atomic mass is 35.5. The third-order valence-electron chi connectivity index (χ3n) is 5.41. The first-order valence-corrected chi connectivity index (χ1v) is 9.75. The molecule has 1 aliphatic carbocycles. The summed E-state index contributed by atoms with van der Waals surface area (Å²) in [6.45, 7) is 3.37. The fourth-order valence-corrected chi connectivity index (χ4v) is 4.12. The van der Waals surface area contributed by atoms with Gasteiger partial charge >= 0.3 is 0 Å². The minimum Gasteiger partial charge on any atom is -0.326 e. The number of hydrogen-bond donors (Lipinski definition) is 2. The first-order chi connectivity index (χ1) is 12.9. The summed E-state index contributed by atoms with van der Waals surface area (Å²) in [4.78, 5) is 24.8. The minimum absolute atomic E-state index is 0.00691. The molecule has 0 heterocycles. The second-order valence-corrected chi connectivity index (χ2v) is 7.70. The number of benzene rings is 2. The van der Waals surface area contributed by atoms with E-state index in [1.165, 1.54) is 6.92 Å². The molecule has 2 N–H and O–H groups in total. The molecule has 4 nitrogen and oxygen atoms in total. The summed E-state index contributed by atoms with van der Waals surface area (Å²) in [7, 11) is 0. The van der Waals surface area contributed by atoms with Crippen molar-refractivity contribution >= 4 is 34.8 Å². The highest BCUT2D eigenvalue weighted by molar-refractivity contribution is 6.30. The molecule has 0 aliphatic heterocycles. The van der Waals surface area contributed by atoms with Crippen molar-refractivity contribution in [3.63, 3.8) is 0 Å². The van der Waals surface area contributed by atoms with Gasteiger partial charge in [0, 0.05) is 23.3 Å². The van der Waals surface area contributed by atoms with E-state index in [-0.39, 0.29) is 11.8 Å². The largest absolute Gasteiger partial charge is 0.326 e. The van der Waals surface area contributed by atoms with Gasteiger partial charge in [0.25, 0.3) is 0 Å². The average Bonchev–Trinajstić information content (AvgIpc) is 2.65. The van der Waals surface area contributed by atoms with E-state index in [1.54, 1.807) is 0 Å². The molecule has 0 saturated heterocycles. The summed E-state index contributed by atoms with van der Waals surface area (Å²) in [6.07, 6.45) is 4.80. The van der Waals surface area contributed by atoms with Gasteiger partial charge in [-0.15, -0.1) is 0 Å². The highest BCUT2D eigenvalue weighted by Crippen LogP contribution is 2.41. The Labute approximate surface area is 165 Å². The summed E-state index contributed by atoms with van der Waals surface area (Å²) >= 11 is 6.21. The predicted molar refractivity (Wildman–Crippen MR) is 110 cm³/mol. The lowest BCUT2D eigenvalue weighted by Gasteiger charge is -2.36. The molecule has 0 aromatic heterocycles. The van der Waals surface area contributed by atoms with Gasteiger partial charge in [-0.2, -0.15) is 0 Å². The molecule has 0 spiro atoms. The number of amides is 2. The number of carbonyl (C=O) groups is 2. The molecule has 142 valence electrons. The van der Waals surface area contributed by atoms with Crippen LogP contribution in [0.3, 0.4) is 0 Å². The first-order valence-electron chi connectivity index (χ1n) is 9.37. The second-order valence-electron chi connectivity index (χ2n) is 7.27. The van der Waals surface area contributed by atoms with Crippen LogP contribution in [-0.2, 0) is 15.0 Å². The molecular weight excluding hydrogens is 360 g/mol. The van der Waals surface area contributed by atoms with E-state index >= 15 is 0 Å². The third kappa shape index (κ3) is 4.16. The van der Waals surface area contributed by atoms with E-state index in [9.17, 15) is 9.59 Å². The molecule has 2 aromatic carbocycles. The van der Waals surface area contributed by atoms with Crippen molar-refractivity contribution in [2.75, 3.05) is 10.6 Å². The number of anilines is 2. The lowest BCUT2D eigenvalue weighted by molar-refractivity contribution is -0.122. The van der Waals surface area contributed by atoms with E-state index in [1.807, 2.05) is 49.4 Å². The van der Waals surface area contributed by atoms with E-state index in [0.29, 0.717) is 10.7 Å². The SMILES string of the molecule is CC(=O)Nc1cccc(NC(=O)C2(c3cccc(Cl)c3)CCCCC2)c1C. The molecule has 1 saturated carbocycles. The quantitative estimate of drug-likeness (QED) is 0.736. The van der Waals surface area contributed by atoms with Gasteiger partial charge in [0.05, 0.1) is 5.41 Å². The summed E-state index contributed by atoms with van der Waals surface area (Å²) in [5.41, 5.74) is 2.68. The Hall–Kier alpha value is -2.33. The molecule has 0 bridgehead atoms. The van der Waals surface area contributed by atoms with Gasteiger partial charge in [-0.3, -0.25) is 9.59 Å². The zero-order valence-electron chi connectivity index (χ0n) is 15.8. The minimum atomic E-state index is -0.570. The lowest BCUT2D eigenvalue weighted by atomic mass is 9.68. The third-order valence-corrected chi connectivity index (χ3v) is 5.65. The van der Waals surface area contributed by atoms with Crippen molar-refractivity contribution in [1.29, 1.82) is 0 Å². The van der Waals surface area contributed by atoms with Gasteiger partial charge in [-0.25, -0.2) is 0 Å².